The van der Waals surface area contributed by atoms with Crippen molar-refractivity contribution in [2.24, 2.45) is 5.92 Å². The standard InChI is InChI=1S/C15H27O/c1-2-3-10-13-16-14-15-11-8-6-4-5-7-9-12-15/h6,10,13,15H,2-5,7-9,11-12,14H2,1H3/b13-10+. The summed E-state index contributed by atoms with van der Waals surface area (Å²) in [6.45, 7) is 3.12. The van der Waals surface area contributed by atoms with E-state index >= 15 is 0 Å². The van der Waals surface area contributed by atoms with Crippen LogP contribution < -0.4 is 0 Å². The summed E-state index contributed by atoms with van der Waals surface area (Å²) in [7, 11) is 0. The molecule has 0 aliphatic heterocycles. The first-order valence-electron chi connectivity index (χ1n) is 7.01. The summed E-state index contributed by atoms with van der Waals surface area (Å²) in [5, 5.41) is 0. The van der Waals surface area contributed by atoms with Crippen molar-refractivity contribution in [1.82, 2.24) is 0 Å². The zero-order valence-electron chi connectivity index (χ0n) is 10.8. The molecule has 1 aliphatic carbocycles. The highest BCUT2D eigenvalue weighted by Gasteiger charge is 2.10. The minimum Gasteiger partial charge on any atom is -0.501 e. The van der Waals surface area contributed by atoms with Gasteiger partial charge in [0, 0.05) is 0 Å². The van der Waals surface area contributed by atoms with Gasteiger partial charge in [-0.25, -0.2) is 0 Å². The molecule has 0 aromatic carbocycles. The summed E-state index contributed by atoms with van der Waals surface area (Å²) in [6, 6.07) is 0. The predicted octanol–water partition coefficient (Wildman–Crippen LogP) is 4.88. The van der Waals surface area contributed by atoms with Crippen LogP contribution in [-0.4, -0.2) is 6.61 Å². The highest BCUT2D eigenvalue weighted by molar-refractivity contribution is 4.75. The van der Waals surface area contributed by atoms with Crippen LogP contribution in [0.15, 0.2) is 12.3 Å². The van der Waals surface area contributed by atoms with E-state index in [1.165, 1.54) is 51.4 Å². The van der Waals surface area contributed by atoms with Crippen LogP contribution in [0, 0.1) is 12.3 Å². The van der Waals surface area contributed by atoms with E-state index < -0.39 is 0 Å². The molecule has 1 nitrogen and oxygen atoms in total. The van der Waals surface area contributed by atoms with Crippen LogP contribution in [0.4, 0.5) is 0 Å². The molecule has 1 atom stereocenters. The number of rotatable bonds is 5. The summed E-state index contributed by atoms with van der Waals surface area (Å²) in [5.41, 5.74) is 0. The van der Waals surface area contributed by atoms with Crippen molar-refractivity contribution in [2.75, 3.05) is 6.61 Å². The smallest absolute Gasteiger partial charge is 0.0901 e. The molecule has 1 saturated carbocycles. The van der Waals surface area contributed by atoms with E-state index in [0.29, 0.717) is 0 Å². The first-order valence-corrected chi connectivity index (χ1v) is 7.01. The Bertz CT molecular complexity index is 164. The molecule has 93 valence electrons. The molecule has 1 fully saturated rings. The topological polar surface area (TPSA) is 9.23 Å². The SMILES string of the molecule is CCC/C=C/OCC1CC[CH]CCCCC1. The van der Waals surface area contributed by atoms with Gasteiger partial charge in [0.25, 0.3) is 0 Å². The molecule has 0 saturated heterocycles. The molecule has 0 bridgehead atoms. The first-order chi connectivity index (χ1) is 7.93. The van der Waals surface area contributed by atoms with E-state index in [0.717, 1.165) is 18.9 Å². The van der Waals surface area contributed by atoms with Crippen molar-refractivity contribution in [2.45, 2.75) is 64.7 Å². The van der Waals surface area contributed by atoms with E-state index in [9.17, 15) is 0 Å². The van der Waals surface area contributed by atoms with Gasteiger partial charge in [-0.2, -0.15) is 0 Å². The average Bonchev–Trinajstić information content (AvgIpc) is 2.42. The number of hydrogen-bond acceptors (Lipinski definition) is 1. The van der Waals surface area contributed by atoms with Gasteiger partial charge in [0.2, 0.25) is 0 Å². The minimum atomic E-state index is 0.778. The van der Waals surface area contributed by atoms with Crippen molar-refractivity contribution in [3.63, 3.8) is 0 Å². The fourth-order valence-electron chi connectivity index (χ4n) is 2.20. The minimum absolute atomic E-state index is 0.778. The molecule has 1 aliphatic rings. The Kier molecular flexibility index (Phi) is 8.28. The Morgan fingerprint density at radius 2 is 2.12 bits per heavy atom. The third-order valence-corrected chi connectivity index (χ3v) is 3.28. The van der Waals surface area contributed by atoms with Crippen molar-refractivity contribution in [3.05, 3.63) is 18.8 Å². The highest BCUT2D eigenvalue weighted by Crippen LogP contribution is 2.21. The van der Waals surface area contributed by atoms with Crippen LogP contribution in [0.3, 0.4) is 0 Å². The molecule has 0 heterocycles. The van der Waals surface area contributed by atoms with Crippen molar-refractivity contribution >= 4 is 0 Å². The van der Waals surface area contributed by atoms with E-state index in [2.05, 4.69) is 19.4 Å². The van der Waals surface area contributed by atoms with Crippen molar-refractivity contribution in [1.29, 1.82) is 0 Å². The second kappa shape index (κ2) is 9.74. The number of allylic oxidation sites excluding steroid dienone is 1. The van der Waals surface area contributed by atoms with Crippen molar-refractivity contribution in [3.8, 4) is 0 Å². The molecule has 1 heteroatoms. The Morgan fingerprint density at radius 1 is 1.19 bits per heavy atom. The third kappa shape index (κ3) is 6.92. The maximum Gasteiger partial charge on any atom is 0.0901 e. The Morgan fingerprint density at radius 3 is 3.00 bits per heavy atom. The second-order valence-electron chi connectivity index (χ2n) is 4.86. The molecular weight excluding hydrogens is 196 g/mol. The quantitative estimate of drug-likeness (QED) is 0.603. The van der Waals surface area contributed by atoms with E-state index in [-0.39, 0.29) is 0 Å². The Balaban J connectivity index is 2.12. The maximum absolute atomic E-state index is 5.62. The maximum atomic E-state index is 5.62. The average molecular weight is 223 g/mol. The lowest BCUT2D eigenvalue weighted by atomic mass is 9.98. The molecule has 1 radical (unpaired) electrons. The molecule has 0 amide bonds. The molecule has 0 spiro atoms. The number of ether oxygens (including phenoxy) is 1. The van der Waals surface area contributed by atoms with Gasteiger partial charge < -0.3 is 4.74 Å². The summed E-state index contributed by atoms with van der Waals surface area (Å²) in [4.78, 5) is 0. The molecule has 16 heavy (non-hydrogen) atoms. The van der Waals surface area contributed by atoms with Crippen LogP contribution in [0.2, 0.25) is 0 Å². The van der Waals surface area contributed by atoms with E-state index in [1.54, 1.807) is 0 Å². The van der Waals surface area contributed by atoms with Crippen LogP contribution in [0.25, 0.3) is 0 Å². The van der Waals surface area contributed by atoms with Gasteiger partial charge in [-0.1, -0.05) is 39.0 Å². The summed E-state index contributed by atoms with van der Waals surface area (Å²) < 4.78 is 5.62. The Hall–Kier alpha value is -0.460. The van der Waals surface area contributed by atoms with E-state index in [1.807, 2.05) is 6.26 Å². The summed E-state index contributed by atoms with van der Waals surface area (Å²) in [6.07, 6.45) is 18.3. The molecule has 0 N–H and O–H groups in total. The van der Waals surface area contributed by atoms with Gasteiger partial charge in [-0.15, -0.1) is 0 Å². The molecule has 0 aromatic heterocycles. The fourth-order valence-corrected chi connectivity index (χ4v) is 2.20. The fraction of sp³-hybridized carbons (Fsp3) is 0.800. The zero-order chi connectivity index (χ0) is 11.5. The molecule has 1 unspecified atom stereocenters. The van der Waals surface area contributed by atoms with Crippen LogP contribution >= 0.6 is 0 Å². The van der Waals surface area contributed by atoms with Crippen LogP contribution in [0.5, 0.6) is 0 Å². The van der Waals surface area contributed by atoms with Gasteiger partial charge in [-0.3, -0.25) is 0 Å². The van der Waals surface area contributed by atoms with Crippen molar-refractivity contribution < 1.29 is 4.74 Å². The van der Waals surface area contributed by atoms with E-state index in [4.69, 9.17) is 4.74 Å². The van der Waals surface area contributed by atoms with Crippen LogP contribution in [-0.2, 0) is 4.74 Å². The van der Waals surface area contributed by atoms with Gasteiger partial charge >= 0.3 is 0 Å². The highest BCUT2D eigenvalue weighted by atomic mass is 16.5. The molecule has 1 rings (SSSR count). The lowest BCUT2D eigenvalue weighted by molar-refractivity contribution is 0.179. The monoisotopic (exact) mass is 223 g/mol. The third-order valence-electron chi connectivity index (χ3n) is 3.28. The van der Waals surface area contributed by atoms with Gasteiger partial charge in [0.15, 0.2) is 0 Å². The van der Waals surface area contributed by atoms with Crippen LogP contribution in [0.1, 0.15) is 64.7 Å². The lowest BCUT2D eigenvalue weighted by Crippen LogP contribution is -2.07. The normalized spacial score (nSPS) is 20.3. The van der Waals surface area contributed by atoms with Gasteiger partial charge in [0.1, 0.15) is 0 Å². The van der Waals surface area contributed by atoms with Gasteiger partial charge in [0.05, 0.1) is 12.9 Å². The first kappa shape index (κ1) is 13.6. The zero-order valence-corrected chi connectivity index (χ0v) is 10.8. The molecule has 0 aromatic rings. The van der Waals surface area contributed by atoms with Gasteiger partial charge in [-0.05, 0) is 44.1 Å². The number of unbranched alkanes of at least 4 members (excludes halogenated alkanes) is 1. The Labute approximate surface area is 101 Å². The largest absolute Gasteiger partial charge is 0.501 e. The second-order valence-corrected chi connectivity index (χ2v) is 4.86. The lowest BCUT2D eigenvalue weighted by Gasteiger charge is -2.14. The molecular formula is C15H27O. The number of hydrogen-bond donors (Lipinski definition) is 0. The summed E-state index contributed by atoms with van der Waals surface area (Å²) >= 11 is 0. The predicted molar refractivity (Wildman–Crippen MR) is 70.1 cm³/mol. The summed E-state index contributed by atoms with van der Waals surface area (Å²) in [5.74, 6) is 0.778.